The molecule has 0 saturated carbocycles. The topological polar surface area (TPSA) is 12.5 Å². The van der Waals surface area contributed by atoms with Crippen LogP contribution in [-0.2, 0) is 4.74 Å². The highest BCUT2D eigenvalue weighted by atomic mass is 16.5. The minimum Gasteiger partial charge on any atom is -0.373 e. The lowest BCUT2D eigenvalue weighted by atomic mass is 10.0. The number of nitrogens with zero attached hydrogens (tertiary/aromatic N) is 1. The van der Waals surface area contributed by atoms with Crippen LogP contribution in [-0.4, -0.2) is 36.2 Å². The van der Waals surface area contributed by atoms with E-state index in [1.165, 1.54) is 44.9 Å². The van der Waals surface area contributed by atoms with Crippen molar-refractivity contribution in [2.75, 3.05) is 13.1 Å². The van der Waals surface area contributed by atoms with Gasteiger partial charge in [0.2, 0.25) is 0 Å². The zero-order valence-electron chi connectivity index (χ0n) is 13.0. The van der Waals surface area contributed by atoms with Gasteiger partial charge in [0, 0.05) is 19.1 Å². The average Bonchev–Trinajstić information content (AvgIpc) is 2.32. The van der Waals surface area contributed by atoms with E-state index in [1.54, 1.807) is 0 Å². The second-order valence-corrected chi connectivity index (χ2v) is 6.00. The van der Waals surface area contributed by atoms with Crippen molar-refractivity contribution in [1.82, 2.24) is 4.90 Å². The van der Waals surface area contributed by atoms with Gasteiger partial charge < -0.3 is 4.74 Å². The van der Waals surface area contributed by atoms with Crippen LogP contribution in [0.5, 0.6) is 0 Å². The Kier molecular flexibility index (Phi) is 7.92. The third-order valence-electron chi connectivity index (χ3n) is 3.98. The predicted octanol–water partition coefficient (Wildman–Crippen LogP) is 4.23. The number of morpholine rings is 1. The average molecular weight is 255 g/mol. The summed E-state index contributed by atoms with van der Waals surface area (Å²) in [5.41, 5.74) is 0. The Morgan fingerprint density at radius 3 is 2.17 bits per heavy atom. The van der Waals surface area contributed by atoms with E-state index < -0.39 is 0 Å². The molecule has 0 aliphatic carbocycles. The monoisotopic (exact) mass is 255 g/mol. The van der Waals surface area contributed by atoms with Crippen LogP contribution in [0.2, 0.25) is 0 Å². The molecule has 1 rings (SSSR count). The summed E-state index contributed by atoms with van der Waals surface area (Å²) in [5.74, 6) is 0. The Hall–Kier alpha value is -0.0800. The van der Waals surface area contributed by atoms with Crippen molar-refractivity contribution in [2.45, 2.75) is 90.9 Å². The molecule has 108 valence electrons. The Morgan fingerprint density at radius 1 is 0.944 bits per heavy atom. The molecule has 3 unspecified atom stereocenters. The third kappa shape index (κ3) is 5.71. The highest BCUT2D eigenvalue weighted by molar-refractivity contribution is 4.79. The van der Waals surface area contributed by atoms with Crippen molar-refractivity contribution in [3.63, 3.8) is 0 Å². The first kappa shape index (κ1) is 16.0. The van der Waals surface area contributed by atoms with Gasteiger partial charge in [0.05, 0.1) is 12.2 Å². The van der Waals surface area contributed by atoms with Gasteiger partial charge in [-0.25, -0.2) is 0 Å². The first-order chi connectivity index (χ1) is 8.67. The number of ether oxygens (including phenoxy) is 1. The molecule has 0 aromatic rings. The molecular formula is C16H33NO. The molecule has 2 heteroatoms. The fourth-order valence-electron chi connectivity index (χ4n) is 3.17. The van der Waals surface area contributed by atoms with Gasteiger partial charge in [-0.1, -0.05) is 46.0 Å². The number of hydrogen-bond acceptors (Lipinski definition) is 2. The minimum atomic E-state index is 0.406. The molecule has 0 radical (unpaired) electrons. The molecule has 0 N–H and O–H groups in total. The summed E-state index contributed by atoms with van der Waals surface area (Å²) in [6, 6.07) is 0.792. The summed E-state index contributed by atoms with van der Waals surface area (Å²) in [4.78, 5) is 2.69. The summed E-state index contributed by atoms with van der Waals surface area (Å²) < 4.78 is 5.85. The number of rotatable bonds is 8. The van der Waals surface area contributed by atoms with Gasteiger partial charge in [0.15, 0.2) is 0 Å². The van der Waals surface area contributed by atoms with Crippen molar-refractivity contribution in [3.05, 3.63) is 0 Å². The van der Waals surface area contributed by atoms with Gasteiger partial charge in [-0.3, -0.25) is 4.90 Å². The molecular weight excluding hydrogens is 222 g/mol. The van der Waals surface area contributed by atoms with E-state index in [0.717, 1.165) is 19.1 Å². The van der Waals surface area contributed by atoms with Crippen LogP contribution in [0.3, 0.4) is 0 Å². The molecule has 1 aliphatic rings. The zero-order chi connectivity index (χ0) is 13.4. The normalized spacial score (nSPS) is 27.3. The van der Waals surface area contributed by atoms with E-state index in [1.807, 2.05) is 0 Å². The largest absolute Gasteiger partial charge is 0.373 e. The van der Waals surface area contributed by atoms with Crippen LogP contribution < -0.4 is 0 Å². The number of unbranched alkanes of at least 4 members (excludes halogenated alkanes) is 3. The molecule has 0 bridgehead atoms. The Balaban J connectivity index is 2.38. The molecule has 1 aliphatic heterocycles. The van der Waals surface area contributed by atoms with Gasteiger partial charge in [0.25, 0.3) is 0 Å². The van der Waals surface area contributed by atoms with Gasteiger partial charge in [0.1, 0.15) is 0 Å². The van der Waals surface area contributed by atoms with Crippen LogP contribution in [0.4, 0.5) is 0 Å². The van der Waals surface area contributed by atoms with Crippen molar-refractivity contribution >= 4 is 0 Å². The van der Waals surface area contributed by atoms with Crippen molar-refractivity contribution < 1.29 is 4.74 Å². The second kappa shape index (κ2) is 8.92. The molecule has 1 heterocycles. The molecule has 0 aromatic carbocycles. The predicted molar refractivity (Wildman–Crippen MR) is 79.0 cm³/mol. The first-order valence-electron chi connectivity index (χ1n) is 8.06. The van der Waals surface area contributed by atoms with Gasteiger partial charge in [-0.15, -0.1) is 0 Å². The smallest absolute Gasteiger partial charge is 0.0678 e. The molecule has 18 heavy (non-hydrogen) atoms. The lowest BCUT2D eigenvalue weighted by molar-refractivity contribution is -0.0823. The van der Waals surface area contributed by atoms with E-state index >= 15 is 0 Å². The second-order valence-electron chi connectivity index (χ2n) is 6.00. The third-order valence-corrected chi connectivity index (χ3v) is 3.98. The first-order valence-corrected chi connectivity index (χ1v) is 8.06. The maximum Gasteiger partial charge on any atom is 0.0678 e. The fraction of sp³-hybridized carbons (Fsp3) is 1.00. The summed E-state index contributed by atoms with van der Waals surface area (Å²) in [6.45, 7) is 11.3. The van der Waals surface area contributed by atoms with E-state index in [0.29, 0.717) is 12.2 Å². The summed E-state index contributed by atoms with van der Waals surface area (Å²) >= 11 is 0. The van der Waals surface area contributed by atoms with Crippen LogP contribution in [0.25, 0.3) is 0 Å². The van der Waals surface area contributed by atoms with Crippen LogP contribution in [0, 0.1) is 0 Å². The van der Waals surface area contributed by atoms with Gasteiger partial charge >= 0.3 is 0 Å². The maximum absolute atomic E-state index is 5.85. The maximum atomic E-state index is 5.85. The zero-order valence-corrected chi connectivity index (χ0v) is 13.0. The molecule has 0 spiro atoms. The van der Waals surface area contributed by atoms with E-state index in [-0.39, 0.29) is 0 Å². The summed E-state index contributed by atoms with van der Waals surface area (Å²) in [6.07, 6.45) is 10.4. The molecule has 3 atom stereocenters. The van der Waals surface area contributed by atoms with Gasteiger partial charge in [-0.05, 0) is 26.7 Å². The highest BCUT2D eigenvalue weighted by Crippen LogP contribution is 2.20. The Labute approximate surface area is 114 Å². The lowest BCUT2D eigenvalue weighted by Crippen LogP contribution is -2.50. The van der Waals surface area contributed by atoms with Crippen molar-refractivity contribution in [2.24, 2.45) is 0 Å². The number of hydrogen-bond donors (Lipinski definition) is 0. The van der Waals surface area contributed by atoms with Crippen molar-refractivity contribution in [1.29, 1.82) is 0 Å². The Morgan fingerprint density at radius 2 is 1.61 bits per heavy atom. The minimum absolute atomic E-state index is 0.406. The lowest BCUT2D eigenvalue weighted by Gasteiger charge is -2.40. The quantitative estimate of drug-likeness (QED) is 0.602. The fourth-order valence-corrected chi connectivity index (χ4v) is 3.17. The van der Waals surface area contributed by atoms with E-state index in [9.17, 15) is 0 Å². The van der Waals surface area contributed by atoms with Gasteiger partial charge in [-0.2, -0.15) is 0 Å². The molecule has 0 aromatic heterocycles. The summed E-state index contributed by atoms with van der Waals surface area (Å²) in [7, 11) is 0. The van der Waals surface area contributed by atoms with Crippen LogP contribution in [0.15, 0.2) is 0 Å². The summed E-state index contributed by atoms with van der Waals surface area (Å²) in [5, 5.41) is 0. The standard InChI is InChI=1S/C16H33NO/c1-5-7-8-9-11-16(10-6-2)17-12-14(3)18-15(4)13-17/h14-16H,5-13H2,1-4H3. The molecule has 1 fully saturated rings. The van der Waals surface area contributed by atoms with E-state index in [2.05, 4.69) is 32.6 Å². The molecule has 1 saturated heterocycles. The Bertz CT molecular complexity index is 197. The molecule has 2 nitrogen and oxygen atoms in total. The van der Waals surface area contributed by atoms with Crippen LogP contribution >= 0.6 is 0 Å². The van der Waals surface area contributed by atoms with Crippen LogP contribution in [0.1, 0.15) is 72.6 Å². The van der Waals surface area contributed by atoms with Crippen molar-refractivity contribution in [3.8, 4) is 0 Å². The van der Waals surface area contributed by atoms with E-state index in [4.69, 9.17) is 4.74 Å². The highest BCUT2D eigenvalue weighted by Gasteiger charge is 2.26. The molecule has 0 amide bonds. The SMILES string of the molecule is CCCCCCC(CCC)N1CC(C)OC(C)C1.